The van der Waals surface area contributed by atoms with Crippen molar-refractivity contribution < 1.29 is 550 Å². The van der Waals surface area contributed by atoms with Gasteiger partial charge in [-0.05, 0) is 0 Å². The third-order valence-corrected chi connectivity index (χ3v) is 0. The van der Waals surface area contributed by atoms with E-state index >= 15 is 0 Å². The fourth-order valence-electron chi connectivity index (χ4n) is 0. The molecular formula is B30O90Zn5-80. The Bertz CT molecular complexity index is 712. The first kappa shape index (κ1) is 238. The summed E-state index contributed by atoms with van der Waals surface area (Å²) in [6.45, 7) is 0. The molecule has 0 aliphatic heterocycles. The van der Waals surface area contributed by atoms with E-state index < -0.39 is 220 Å². The molecule has 0 heterocycles. The maximum Gasteiger partial charge on any atom is 2.00 e. The maximum atomic E-state index is 8.42. The van der Waals surface area contributed by atoms with Crippen LogP contribution in [-0.4, -0.2) is 220 Å². The van der Waals surface area contributed by atoms with Gasteiger partial charge in [0.25, 0.3) is 0 Å². The maximum absolute atomic E-state index is 8.42. The summed E-state index contributed by atoms with van der Waals surface area (Å²) in [5.41, 5.74) is 0. The number of hydrogen-bond donors (Lipinski definition) is 0. The summed E-state index contributed by atoms with van der Waals surface area (Å²) in [5.74, 6) is 0. The average Bonchev–Trinajstić information content (AvgIpc) is 3.29. The average molecular weight is 2090 g/mol. The molecule has 0 saturated heterocycles. The van der Waals surface area contributed by atoms with Crippen molar-refractivity contribution >= 4 is 220 Å². The van der Waals surface area contributed by atoms with Crippen molar-refractivity contribution in [2.45, 2.75) is 0 Å². The third-order valence-electron chi connectivity index (χ3n) is 0. The Balaban J connectivity index is -0.0000000203. The van der Waals surface area contributed by atoms with Gasteiger partial charge in [0.05, 0.1) is 0 Å². The first-order valence-electron chi connectivity index (χ1n) is 21.2. The number of hydrogen-bond acceptors (Lipinski definition) is 90. The minimum atomic E-state index is -2.92. The summed E-state index contributed by atoms with van der Waals surface area (Å²) in [6, 6.07) is 0. The van der Waals surface area contributed by atoms with Crippen LogP contribution in [-0.2, 0) is 97.4 Å². The number of rotatable bonds is 0. The van der Waals surface area contributed by atoms with Crippen LogP contribution < -0.4 is 452 Å². The van der Waals surface area contributed by atoms with Gasteiger partial charge in [-0.15, -0.1) is 0 Å². The molecule has 0 rings (SSSR count). The van der Waals surface area contributed by atoms with E-state index in [0.29, 0.717) is 0 Å². The minimum Gasteiger partial charge on any atom is -0.907 e. The van der Waals surface area contributed by atoms with Gasteiger partial charge in [-0.2, -0.15) is 0 Å². The van der Waals surface area contributed by atoms with Gasteiger partial charge in [-0.3, -0.25) is 220 Å². The normalized spacial score (nSPS) is 6.48. The van der Waals surface area contributed by atoms with E-state index in [-0.39, 0.29) is 97.4 Å². The van der Waals surface area contributed by atoms with Crippen molar-refractivity contribution in [2.24, 2.45) is 0 Å². The Kier molecular flexibility index (Phi) is 442. The second-order valence-corrected chi connectivity index (χ2v) is 8.66. The molecule has 0 atom stereocenters. The Morgan fingerprint density at radius 1 is 0.0400 bits per heavy atom. The van der Waals surface area contributed by atoms with Crippen LogP contribution in [0, 0.1) is 0 Å². The quantitative estimate of drug-likeness (QED) is 0.203. The van der Waals surface area contributed by atoms with E-state index in [1.807, 2.05) is 0 Å². The van der Waals surface area contributed by atoms with E-state index in [1.165, 1.54) is 0 Å². The topological polar surface area (TPSA) is 2080 Å². The Morgan fingerprint density at radius 2 is 0.0400 bits per heavy atom. The molecule has 0 unspecified atom stereocenters. The van der Waals surface area contributed by atoms with Crippen molar-refractivity contribution in [3.05, 3.63) is 0 Å². The second kappa shape index (κ2) is 232. The Labute approximate surface area is 765 Å². The van der Waals surface area contributed by atoms with Crippen LogP contribution >= 0.6 is 0 Å². The summed E-state index contributed by atoms with van der Waals surface area (Å²) in [4.78, 5) is 0. The summed E-state index contributed by atoms with van der Waals surface area (Å²) >= 11 is 0. The van der Waals surface area contributed by atoms with E-state index in [1.54, 1.807) is 0 Å². The smallest absolute Gasteiger partial charge is 0.907 e. The molecule has 0 aromatic carbocycles. The van der Waals surface area contributed by atoms with Gasteiger partial charge >= 0.3 is 97.4 Å². The molecular weight excluding hydrogens is 2090 g/mol. The standard InChI is InChI=1S/30BO3.5Zn/c30*2-1(3)4;;;;;/q30*-3;5*+2. The van der Waals surface area contributed by atoms with Gasteiger partial charge in [0.2, 0.25) is 0 Å². The molecule has 125 heavy (non-hydrogen) atoms. The largest absolute Gasteiger partial charge is 2.00 e. The van der Waals surface area contributed by atoms with Crippen molar-refractivity contribution in [2.75, 3.05) is 0 Å². The molecule has 90 nitrogen and oxygen atoms in total. The third kappa shape index (κ3) is 891000. The fraction of sp³-hybridized carbons (Fsp3) is 0. The predicted molar refractivity (Wildman–Crippen MR) is 173 cm³/mol. The molecule has 125 heteroatoms. The van der Waals surface area contributed by atoms with E-state index in [0.717, 1.165) is 0 Å². The molecule has 0 amide bonds. The van der Waals surface area contributed by atoms with Gasteiger partial charge in [0.15, 0.2) is 0 Å². The van der Waals surface area contributed by atoms with E-state index in [9.17, 15) is 0 Å². The van der Waals surface area contributed by atoms with Crippen LogP contribution in [0.5, 0.6) is 0 Å². The molecule has 0 fully saturated rings. The SMILES string of the molecule is [O-]B([O-])[O-].[O-]B([O-])[O-].[O-]B([O-])[O-].[O-]B([O-])[O-].[O-]B([O-])[O-].[O-]B([O-])[O-].[O-]B([O-])[O-].[O-]B([O-])[O-].[O-]B([O-])[O-].[O-]B([O-])[O-].[O-]B([O-])[O-].[O-]B([O-])[O-].[O-]B([O-])[O-].[O-]B([O-])[O-].[O-]B([O-])[O-].[O-]B([O-])[O-].[O-]B([O-])[O-].[O-]B([O-])[O-].[O-]B([O-])[O-].[O-]B([O-])[O-].[O-]B([O-])[O-].[O-]B([O-])[O-].[O-]B([O-])[O-].[O-]B([O-])[O-].[O-]B([O-])[O-].[O-]B([O-])[O-].[O-]B([O-])[O-].[O-]B([O-])[O-].[O-]B([O-])[O-].[O-]B([O-])[O-].[Zn+2].[Zn+2].[Zn+2].[Zn+2].[Zn+2]. The fourth-order valence-corrected chi connectivity index (χ4v) is 0. The summed E-state index contributed by atoms with van der Waals surface area (Å²) < 4.78 is 0. The molecule has 0 aromatic heterocycles. The summed E-state index contributed by atoms with van der Waals surface area (Å²) in [7, 11) is -87.5. The molecule has 0 spiro atoms. The molecule has 0 aliphatic rings. The van der Waals surface area contributed by atoms with Gasteiger partial charge in [0.1, 0.15) is 0 Å². The zero-order valence-corrected chi connectivity index (χ0v) is 72.4. The monoisotopic (exact) mass is 2090 g/mol. The van der Waals surface area contributed by atoms with Crippen molar-refractivity contribution in [3.8, 4) is 0 Å². The molecule has 0 saturated carbocycles. The van der Waals surface area contributed by atoms with E-state index in [2.05, 4.69) is 0 Å². The molecule has 0 radical (unpaired) electrons. The van der Waals surface area contributed by atoms with Gasteiger partial charge in [0, 0.05) is 0 Å². The first-order chi connectivity index (χ1) is 52.0. The predicted octanol–water partition coefficient (Wildman–Crippen LogP) is -118. The zero-order valence-electron chi connectivity index (χ0n) is 57.6. The van der Waals surface area contributed by atoms with Crippen molar-refractivity contribution in [1.82, 2.24) is 0 Å². The van der Waals surface area contributed by atoms with Gasteiger partial charge in [-0.1, -0.05) is 0 Å². The minimum absolute atomic E-state index is 0. The van der Waals surface area contributed by atoms with Crippen molar-refractivity contribution in [3.63, 3.8) is 0 Å². The van der Waals surface area contributed by atoms with Crippen molar-refractivity contribution in [1.29, 1.82) is 0 Å². The van der Waals surface area contributed by atoms with Crippen LogP contribution in [0.4, 0.5) is 0 Å². The van der Waals surface area contributed by atoms with Gasteiger partial charge in [-0.25, -0.2) is 0 Å². The van der Waals surface area contributed by atoms with Crippen LogP contribution in [0.25, 0.3) is 0 Å². The van der Waals surface area contributed by atoms with E-state index in [4.69, 9.17) is 452 Å². The molecule has 0 aromatic rings. The van der Waals surface area contributed by atoms with Crippen LogP contribution in [0.1, 0.15) is 0 Å². The molecule has 0 aliphatic carbocycles. The molecule has 0 N–H and O–H groups in total. The summed E-state index contributed by atoms with van der Waals surface area (Å²) in [6.07, 6.45) is 0. The first-order valence-corrected chi connectivity index (χ1v) is 21.2. The van der Waals surface area contributed by atoms with Gasteiger partial charge < -0.3 is 452 Å². The van der Waals surface area contributed by atoms with Crippen LogP contribution in [0.15, 0.2) is 0 Å². The Morgan fingerprint density at radius 3 is 0.0400 bits per heavy atom. The summed E-state index contributed by atoms with van der Waals surface area (Å²) in [5, 5.41) is 757. The van der Waals surface area contributed by atoms with Crippen LogP contribution in [0.3, 0.4) is 0 Å². The zero-order chi connectivity index (χ0) is 107. The molecule has 720 valence electrons. The van der Waals surface area contributed by atoms with Crippen LogP contribution in [0.2, 0.25) is 0 Å². The Hall–Kier alpha value is 1.46. The molecule has 0 bridgehead atoms. The second-order valence-electron chi connectivity index (χ2n) is 8.66.